The predicted octanol–water partition coefficient (Wildman–Crippen LogP) is 4.39. The Kier molecular flexibility index (Phi) is 5.09. The van der Waals surface area contributed by atoms with Crippen molar-refractivity contribution in [1.29, 1.82) is 0 Å². The molecule has 2 fully saturated rings. The van der Waals surface area contributed by atoms with E-state index >= 15 is 0 Å². The van der Waals surface area contributed by atoms with Gasteiger partial charge in [0.1, 0.15) is 11.4 Å². The third-order valence-electron chi connectivity index (χ3n) is 7.11. The van der Waals surface area contributed by atoms with Crippen LogP contribution in [0.1, 0.15) is 54.6 Å². The molecule has 5 rings (SSSR count). The number of carbonyl (C=O) groups is 1. The first-order chi connectivity index (χ1) is 14.9. The van der Waals surface area contributed by atoms with Gasteiger partial charge in [-0.15, -0.1) is 0 Å². The van der Waals surface area contributed by atoms with Crippen LogP contribution in [0.3, 0.4) is 0 Å². The molecule has 0 atom stereocenters. The summed E-state index contributed by atoms with van der Waals surface area (Å²) in [4.78, 5) is 21.4. The second-order valence-corrected chi connectivity index (χ2v) is 9.86. The third kappa shape index (κ3) is 4.11. The Labute approximate surface area is 184 Å². The largest absolute Gasteiger partial charge is 0.483 e. The third-order valence-corrected chi connectivity index (χ3v) is 7.11. The highest BCUT2D eigenvalue weighted by Crippen LogP contribution is 2.42. The van der Waals surface area contributed by atoms with Crippen LogP contribution in [0.2, 0.25) is 0 Å². The van der Waals surface area contributed by atoms with Crippen molar-refractivity contribution in [2.45, 2.75) is 45.3 Å². The molecule has 0 saturated carbocycles. The van der Waals surface area contributed by atoms with E-state index in [2.05, 4.69) is 54.1 Å². The number of likely N-dealkylation sites (tertiary alicyclic amines) is 2. The van der Waals surface area contributed by atoms with Crippen molar-refractivity contribution in [3.05, 3.63) is 65.5 Å². The number of hydrogen-bond donors (Lipinski definition) is 0. The minimum absolute atomic E-state index is 0.135. The second-order valence-electron chi connectivity index (χ2n) is 9.86. The molecule has 3 aliphatic heterocycles. The number of nitrogens with zero attached hydrogens (tertiary/aromatic N) is 3. The van der Waals surface area contributed by atoms with Gasteiger partial charge >= 0.3 is 0 Å². The van der Waals surface area contributed by atoms with Crippen molar-refractivity contribution in [2.75, 3.05) is 26.2 Å². The molecule has 1 aromatic heterocycles. The topological polar surface area (TPSA) is 45.7 Å². The number of piperidine rings is 1. The summed E-state index contributed by atoms with van der Waals surface area (Å²) >= 11 is 0. The van der Waals surface area contributed by atoms with Crippen molar-refractivity contribution < 1.29 is 9.53 Å². The van der Waals surface area contributed by atoms with E-state index in [-0.39, 0.29) is 11.5 Å². The summed E-state index contributed by atoms with van der Waals surface area (Å²) in [6.07, 6.45) is 11.1. The summed E-state index contributed by atoms with van der Waals surface area (Å²) < 4.78 is 6.32. The number of benzene rings is 1. The Morgan fingerprint density at radius 3 is 2.58 bits per heavy atom. The van der Waals surface area contributed by atoms with Crippen molar-refractivity contribution in [2.24, 2.45) is 5.41 Å². The molecule has 1 spiro atoms. The molecular weight excluding hydrogens is 386 g/mol. The molecule has 0 bridgehead atoms. The fourth-order valence-corrected chi connectivity index (χ4v) is 5.25. The van der Waals surface area contributed by atoms with E-state index < -0.39 is 0 Å². The van der Waals surface area contributed by atoms with E-state index in [1.165, 1.54) is 17.5 Å². The molecule has 0 aliphatic carbocycles. The Hall–Kier alpha value is -2.66. The van der Waals surface area contributed by atoms with Gasteiger partial charge in [0.05, 0.1) is 0 Å². The van der Waals surface area contributed by atoms with E-state index in [1.807, 2.05) is 17.0 Å². The molecular formula is C26H31N3O2. The van der Waals surface area contributed by atoms with E-state index in [9.17, 15) is 4.79 Å². The fourth-order valence-electron chi connectivity index (χ4n) is 5.25. The monoisotopic (exact) mass is 417 g/mol. The first-order valence-corrected chi connectivity index (χ1v) is 11.4. The molecule has 2 saturated heterocycles. The van der Waals surface area contributed by atoms with E-state index in [0.29, 0.717) is 5.41 Å². The highest BCUT2D eigenvalue weighted by atomic mass is 16.5. The Morgan fingerprint density at radius 1 is 1.06 bits per heavy atom. The van der Waals surface area contributed by atoms with Crippen LogP contribution in [-0.4, -0.2) is 52.5 Å². The summed E-state index contributed by atoms with van der Waals surface area (Å²) in [6.45, 7) is 9.04. The molecule has 31 heavy (non-hydrogen) atoms. The number of pyridine rings is 1. The maximum absolute atomic E-state index is 12.8. The first kappa shape index (κ1) is 20.3. The van der Waals surface area contributed by atoms with Gasteiger partial charge in [-0.25, -0.2) is 0 Å². The Balaban J connectivity index is 1.22. The lowest BCUT2D eigenvalue weighted by atomic mass is 9.77. The molecule has 162 valence electrons. The normalized spacial score (nSPS) is 21.7. The molecule has 1 aromatic carbocycles. The molecule has 3 aliphatic rings. The van der Waals surface area contributed by atoms with Crippen LogP contribution >= 0.6 is 0 Å². The number of fused-ring (bicyclic) bond motifs is 1. The average Bonchev–Trinajstić information content (AvgIpc) is 3.16. The van der Waals surface area contributed by atoms with Crippen LogP contribution in [0.4, 0.5) is 0 Å². The van der Waals surface area contributed by atoms with Crippen LogP contribution in [0, 0.1) is 5.41 Å². The Bertz CT molecular complexity index is 991. The number of ether oxygens (including phenoxy) is 1. The van der Waals surface area contributed by atoms with Gasteiger partial charge in [0.25, 0.3) is 5.91 Å². The van der Waals surface area contributed by atoms with Gasteiger partial charge < -0.3 is 9.64 Å². The molecule has 5 nitrogen and oxygen atoms in total. The number of hydrogen-bond acceptors (Lipinski definition) is 4. The number of carbonyl (C=O) groups excluding carboxylic acids is 1. The lowest BCUT2D eigenvalue weighted by Gasteiger charge is -2.39. The molecule has 0 unspecified atom stereocenters. The summed E-state index contributed by atoms with van der Waals surface area (Å²) in [5, 5.41) is 0. The number of aromatic nitrogens is 1. The second kappa shape index (κ2) is 7.79. The SMILES string of the molecule is CC1(C)C=Cc2cccc(CN3CCC4(CCN(C(=O)c5ccncc5)CC4)C3)c2O1. The van der Waals surface area contributed by atoms with Gasteiger partial charge in [-0.3, -0.25) is 14.7 Å². The van der Waals surface area contributed by atoms with Crippen molar-refractivity contribution in [1.82, 2.24) is 14.8 Å². The van der Waals surface area contributed by atoms with Crippen molar-refractivity contribution in [3.63, 3.8) is 0 Å². The van der Waals surface area contributed by atoms with E-state index in [0.717, 1.165) is 56.9 Å². The van der Waals surface area contributed by atoms with Crippen molar-refractivity contribution >= 4 is 12.0 Å². The van der Waals surface area contributed by atoms with Gasteiger partial charge in [-0.05, 0) is 63.3 Å². The lowest BCUT2D eigenvalue weighted by Crippen LogP contribution is -2.44. The minimum Gasteiger partial charge on any atom is -0.483 e. The molecule has 5 heteroatoms. The maximum atomic E-state index is 12.8. The minimum atomic E-state index is -0.260. The van der Waals surface area contributed by atoms with Gasteiger partial charge in [-0.1, -0.05) is 24.3 Å². The van der Waals surface area contributed by atoms with E-state index in [4.69, 9.17) is 4.74 Å². The summed E-state index contributed by atoms with van der Waals surface area (Å²) in [5.41, 5.74) is 3.27. The van der Waals surface area contributed by atoms with Crippen LogP contribution in [-0.2, 0) is 6.54 Å². The lowest BCUT2D eigenvalue weighted by molar-refractivity contribution is 0.0587. The summed E-state index contributed by atoms with van der Waals surface area (Å²) in [5.74, 6) is 1.17. The van der Waals surface area contributed by atoms with Crippen LogP contribution in [0.25, 0.3) is 6.08 Å². The average molecular weight is 418 g/mol. The highest BCUT2D eigenvalue weighted by molar-refractivity contribution is 5.94. The maximum Gasteiger partial charge on any atom is 0.253 e. The van der Waals surface area contributed by atoms with Crippen molar-refractivity contribution in [3.8, 4) is 5.75 Å². The number of amides is 1. The molecule has 0 radical (unpaired) electrons. The fraction of sp³-hybridized carbons (Fsp3) is 0.462. The number of para-hydroxylation sites is 1. The molecule has 0 N–H and O–H groups in total. The smallest absolute Gasteiger partial charge is 0.253 e. The summed E-state index contributed by atoms with van der Waals surface area (Å²) in [7, 11) is 0. The van der Waals surface area contributed by atoms with Gasteiger partial charge in [-0.2, -0.15) is 0 Å². The number of rotatable bonds is 3. The Morgan fingerprint density at radius 2 is 1.81 bits per heavy atom. The van der Waals surface area contributed by atoms with Crippen LogP contribution < -0.4 is 4.74 Å². The zero-order chi connectivity index (χ0) is 21.5. The first-order valence-electron chi connectivity index (χ1n) is 11.4. The zero-order valence-corrected chi connectivity index (χ0v) is 18.5. The molecule has 2 aromatic rings. The molecule has 4 heterocycles. The van der Waals surface area contributed by atoms with E-state index in [1.54, 1.807) is 12.4 Å². The quantitative estimate of drug-likeness (QED) is 0.743. The highest BCUT2D eigenvalue weighted by Gasteiger charge is 2.41. The van der Waals surface area contributed by atoms with Gasteiger partial charge in [0.15, 0.2) is 0 Å². The van der Waals surface area contributed by atoms with Gasteiger partial charge in [0, 0.05) is 55.3 Å². The predicted molar refractivity (Wildman–Crippen MR) is 122 cm³/mol. The zero-order valence-electron chi connectivity index (χ0n) is 18.5. The van der Waals surface area contributed by atoms with Gasteiger partial charge in [0.2, 0.25) is 0 Å². The molecule has 1 amide bonds. The standard InChI is InChI=1S/C26H31N3O2/c1-25(2)9-6-20-4-3-5-22(23(20)31-25)18-28-15-10-26(19-28)11-16-29(17-12-26)24(30)21-7-13-27-14-8-21/h3-9,13-14H,10-12,15-19H2,1-2H3. The van der Waals surface area contributed by atoms with Crippen LogP contribution in [0.5, 0.6) is 5.75 Å². The summed E-state index contributed by atoms with van der Waals surface area (Å²) in [6, 6.07) is 10.1. The van der Waals surface area contributed by atoms with Crippen LogP contribution in [0.15, 0.2) is 48.8 Å².